The highest BCUT2D eigenvalue weighted by atomic mass is 79.9. The van der Waals surface area contributed by atoms with E-state index in [1.165, 1.54) is 12.8 Å². The van der Waals surface area contributed by atoms with Crippen molar-refractivity contribution in [2.24, 2.45) is 5.92 Å². The highest BCUT2D eigenvalue weighted by Gasteiger charge is 2.32. The first kappa shape index (κ1) is 11.4. The average Bonchev–Trinajstić information content (AvgIpc) is 3.02. The van der Waals surface area contributed by atoms with Crippen molar-refractivity contribution in [2.75, 3.05) is 18.5 Å². The molecule has 2 rings (SSSR count). The highest BCUT2D eigenvalue weighted by Crippen LogP contribution is 2.33. The van der Waals surface area contributed by atoms with Crippen molar-refractivity contribution in [3.05, 3.63) is 0 Å². The van der Waals surface area contributed by atoms with E-state index in [1.807, 2.05) is 4.90 Å². The Bertz CT molecular complexity index is 243. The Labute approximate surface area is 99.3 Å². The first-order chi connectivity index (χ1) is 7.20. The lowest BCUT2D eigenvalue weighted by molar-refractivity contribution is -0.143. The van der Waals surface area contributed by atoms with Gasteiger partial charge < -0.3 is 9.64 Å². The molecule has 4 heteroatoms. The Kier molecular flexibility index (Phi) is 3.67. The average molecular weight is 276 g/mol. The van der Waals surface area contributed by atoms with Gasteiger partial charge in [0, 0.05) is 18.3 Å². The molecule has 0 aromatic rings. The zero-order valence-electron chi connectivity index (χ0n) is 9.12. The number of halogens is 1. The van der Waals surface area contributed by atoms with Gasteiger partial charge in [-0.25, -0.2) is 0 Å². The highest BCUT2D eigenvalue weighted by molar-refractivity contribution is 9.09. The Morgan fingerprint density at radius 3 is 2.87 bits per heavy atom. The summed E-state index contributed by atoms with van der Waals surface area (Å²) in [5, 5.41) is 0.812. The van der Waals surface area contributed by atoms with Gasteiger partial charge in [0.1, 0.15) is 0 Å². The molecule has 86 valence electrons. The second kappa shape index (κ2) is 4.83. The zero-order valence-corrected chi connectivity index (χ0v) is 10.7. The van der Waals surface area contributed by atoms with Crippen LogP contribution in [0.5, 0.6) is 0 Å². The predicted molar refractivity (Wildman–Crippen MR) is 62.1 cm³/mol. The van der Waals surface area contributed by atoms with E-state index in [-0.39, 0.29) is 12.1 Å². The van der Waals surface area contributed by atoms with E-state index in [2.05, 4.69) is 22.9 Å². The quantitative estimate of drug-likeness (QED) is 0.736. The molecule has 3 nitrogen and oxygen atoms in total. The zero-order chi connectivity index (χ0) is 10.8. The van der Waals surface area contributed by atoms with Crippen LogP contribution in [0.3, 0.4) is 0 Å². The van der Waals surface area contributed by atoms with Crippen molar-refractivity contribution in [2.45, 2.75) is 38.3 Å². The van der Waals surface area contributed by atoms with E-state index >= 15 is 0 Å². The molecule has 0 N–H and O–H groups in total. The van der Waals surface area contributed by atoms with Gasteiger partial charge in [-0.3, -0.25) is 4.79 Å². The number of ether oxygens (including phenoxy) is 1. The molecule has 1 saturated heterocycles. The first-order valence-electron chi connectivity index (χ1n) is 5.67. The molecule has 1 amide bonds. The lowest BCUT2D eigenvalue weighted by atomic mass is 10.1. The van der Waals surface area contributed by atoms with Crippen molar-refractivity contribution < 1.29 is 9.53 Å². The molecule has 0 bridgehead atoms. The lowest BCUT2D eigenvalue weighted by Crippen LogP contribution is -2.51. The van der Waals surface area contributed by atoms with Crippen LogP contribution in [0.1, 0.15) is 26.2 Å². The van der Waals surface area contributed by atoms with Crippen LogP contribution in [0.2, 0.25) is 0 Å². The fraction of sp³-hybridized carbons (Fsp3) is 0.909. The minimum atomic E-state index is 0.171. The third-order valence-electron chi connectivity index (χ3n) is 3.16. The topological polar surface area (TPSA) is 29.5 Å². The van der Waals surface area contributed by atoms with Gasteiger partial charge in [-0.15, -0.1) is 0 Å². The first-order valence-corrected chi connectivity index (χ1v) is 6.80. The Morgan fingerprint density at radius 2 is 2.27 bits per heavy atom. The minimum absolute atomic E-state index is 0.171. The molecule has 1 aliphatic heterocycles. The standard InChI is InChI=1S/C11H18BrNO2/c1-8-7-15-10(5-12)6-13(8)11(14)4-9-2-3-9/h8-10H,2-7H2,1H3. The SMILES string of the molecule is CC1COC(CBr)CN1C(=O)CC1CC1. The maximum atomic E-state index is 12.0. The Balaban J connectivity index is 1.88. The maximum Gasteiger partial charge on any atom is 0.223 e. The second-order valence-corrected chi connectivity index (χ2v) is 5.30. The fourth-order valence-electron chi connectivity index (χ4n) is 1.94. The molecule has 1 saturated carbocycles. The Morgan fingerprint density at radius 1 is 1.53 bits per heavy atom. The van der Waals surface area contributed by atoms with Gasteiger partial charge in [-0.1, -0.05) is 15.9 Å². The largest absolute Gasteiger partial charge is 0.373 e. The van der Waals surface area contributed by atoms with Crippen LogP contribution >= 0.6 is 15.9 Å². The van der Waals surface area contributed by atoms with Crippen molar-refractivity contribution in [1.29, 1.82) is 0 Å². The third-order valence-corrected chi connectivity index (χ3v) is 3.88. The van der Waals surface area contributed by atoms with Gasteiger partial charge in [0.15, 0.2) is 0 Å². The summed E-state index contributed by atoms with van der Waals surface area (Å²) in [6, 6.07) is 0.242. The smallest absolute Gasteiger partial charge is 0.223 e. The number of nitrogens with zero attached hydrogens (tertiary/aromatic N) is 1. The third kappa shape index (κ3) is 2.94. The van der Waals surface area contributed by atoms with E-state index in [9.17, 15) is 4.79 Å². The lowest BCUT2D eigenvalue weighted by Gasteiger charge is -2.37. The summed E-state index contributed by atoms with van der Waals surface area (Å²) in [6.07, 6.45) is 3.40. The van der Waals surface area contributed by atoms with Crippen LogP contribution in [0.15, 0.2) is 0 Å². The van der Waals surface area contributed by atoms with Crippen LogP contribution in [0.25, 0.3) is 0 Å². The van der Waals surface area contributed by atoms with E-state index in [0.29, 0.717) is 18.4 Å². The number of carbonyl (C=O) groups is 1. The van der Waals surface area contributed by atoms with Crippen molar-refractivity contribution in [3.63, 3.8) is 0 Å². The molecular formula is C11H18BrNO2. The number of morpholine rings is 1. The van der Waals surface area contributed by atoms with Gasteiger partial charge in [0.2, 0.25) is 5.91 Å². The van der Waals surface area contributed by atoms with E-state index in [1.54, 1.807) is 0 Å². The molecule has 2 fully saturated rings. The number of alkyl halides is 1. The molecule has 2 unspecified atom stereocenters. The minimum Gasteiger partial charge on any atom is -0.373 e. The molecule has 0 aromatic carbocycles. The molecule has 0 aromatic heterocycles. The summed E-state index contributed by atoms with van der Waals surface area (Å²) >= 11 is 3.41. The molecule has 0 radical (unpaired) electrons. The van der Waals surface area contributed by atoms with Crippen LogP contribution in [0.4, 0.5) is 0 Å². The molecule has 0 spiro atoms. The summed E-state index contributed by atoms with van der Waals surface area (Å²) in [4.78, 5) is 14.0. The van der Waals surface area contributed by atoms with E-state index in [0.717, 1.165) is 18.3 Å². The predicted octanol–water partition coefficient (Wildman–Crippen LogP) is 1.80. The molecule has 1 aliphatic carbocycles. The van der Waals surface area contributed by atoms with Crippen LogP contribution in [-0.2, 0) is 9.53 Å². The van der Waals surface area contributed by atoms with Crippen LogP contribution in [-0.4, -0.2) is 41.4 Å². The fourth-order valence-corrected chi connectivity index (χ4v) is 2.34. The van der Waals surface area contributed by atoms with Gasteiger partial charge in [-0.05, 0) is 25.7 Å². The molecular weight excluding hydrogens is 258 g/mol. The molecule has 15 heavy (non-hydrogen) atoms. The summed E-state index contributed by atoms with van der Waals surface area (Å²) in [7, 11) is 0. The molecule has 1 heterocycles. The van der Waals surface area contributed by atoms with Gasteiger partial charge in [-0.2, -0.15) is 0 Å². The number of hydrogen-bond donors (Lipinski definition) is 0. The number of carbonyl (C=O) groups excluding carboxylic acids is 1. The summed E-state index contributed by atoms with van der Waals surface area (Å²) in [5.41, 5.74) is 0. The summed E-state index contributed by atoms with van der Waals surface area (Å²) in [6.45, 7) is 3.49. The molecule has 2 atom stereocenters. The van der Waals surface area contributed by atoms with Gasteiger partial charge in [0.25, 0.3) is 0 Å². The van der Waals surface area contributed by atoms with Crippen molar-refractivity contribution >= 4 is 21.8 Å². The summed E-state index contributed by atoms with van der Waals surface area (Å²) in [5.74, 6) is 0.995. The van der Waals surface area contributed by atoms with Crippen LogP contribution in [0, 0.1) is 5.92 Å². The molecule has 2 aliphatic rings. The van der Waals surface area contributed by atoms with Crippen molar-refractivity contribution in [1.82, 2.24) is 4.90 Å². The number of hydrogen-bond acceptors (Lipinski definition) is 2. The van der Waals surface area contributed by atoms with Gasteiger partial charge in [0.05, 0.1) is 18.8 Å². The van der Waals surface area contributed by atoms with E-state index < -0.39 is 0 Å². The van der Waals surface area contributed by atoms with Crippen molar-refractivity contribution in [3.8, 4) is 0 Å². The Hall–Kier alpha value is -0.0900. The monoisotopic (exact) mass is 275 g/mol. The van der Waals surface area contributed by atoms with Gasteiger partial charge >= 0.3 is 0 Å². The second-order valence-electron chi connectivity index (χ2n) is 4.65. The number of amides is 1. The number of rotatable bonds is 3. The van der Waals surface area contributed by atoms with E-state index in [4.69, 9.17) is 4.74 Å². The summed E-state index contributed by atoms with van der Waals surface area (Å²) < 4.78 is 5.60. The maximum absolute atomic E-state index is 12.0. The normalized spacial score (nSPS) is 31.7. The van der Waals surface area contributed by atoms with Crippen LogP contribution < -0.4 is 0 Å².